The predicted octanol–water partition coefficient (Wildman–Crippen LogP) is 7.37. The van der Waals surface area contributed by atoms with E-state index in [0.717, 1.165) is 24.4 Å². The summed E-state index contributed by atoms with van der Waals surface area (Å²) in [6.07, 6.45) is 16.4. The number of halogens is 2. The molecule has 0 fully saturated rings. The molecule has 0 aromatic rings. The SMILES string of the molecule is CC(C)[Si](C)(C)OC1=[C-]CC=C1.CC(C)[Si](C)(C)OC1=[C-]CC=C1.Cl.Cl.[Zr+2]. The summed E-state index contributed by atoms with van der Waals surface area (Å²) in [6.45, 7) is 17.9. The Bertz CT molecular complexity index is 492. The van der Waals surface area contributed by atoms with E-state index in [9.17, 15) is 0 Å². The zero-order valence-electron chi connectivity index (χ0n) is 18.0. The molecule has 0 bridgehead atoms. The monoisotopic (exact) mass is 524 g/mol. The van der Waals surface area contributed by atoms with E-state index >= 15 is 0 Å². The number of hydrogen-bond acceptors (Lipinski definition) is 2. The molecule has 2 rings (SSSR count). The molecule has 2 nitrogen and oxygen atoms in total. The molecule has 0 amide bonds. The molecule has 2 aliphatic rings. The van der Waals surface area contributed by atoms with Crippen LogP contribution in [0.15, 0.2) is 35.8 Å². The van der Waals surface area contributed by atoms with E-state index < -0.39 is 16.6 Å². The van der Waals surface area contributed by atoms with Crippen molar-refractivity contribution in [3.05, 3.63) is 48.0 Å². The van der Waals surface area contributed by atoms with Crippen molar-refractivity contribution in [2.45, 2.75) is 77.8 Å². The summed E-state index contributed by atoms with van der Waals surface area (Å²) in [5.41, 5.74) is 1.31. The fraction of sp³-hybridized carbons (Fsp3) is 0.600. The Kier molecular flexibility index (Phi) is 17.2. The molecular weight excluding hydrogens is 491 g/mol. The van der Waals surface area contributed by atoms with Crippen molar-refractivity contribution in [2.24, 2.45) is 0 Å². The zero-order valence-corrected chi connectivity index (χ0v) is 24.1. The molecule has 7 heteroatoms. The van der Waals surface area contributed by atoms with Crippen molar-refractivity contribution >= 4 is 41.4 Å². The first-order valence-corrected chi connectivity index (χ1v) is 14.9. The van der Waals surface area contributed by atoms with E-state index in [1.165, 1.54) is 0 Å². The Morgan fingerprint density at radius 1 is 0.741 bits per heavy atom. The van der Waals surface area contributed by atoms with Gasteiger partial charge in [0.2, 0.25) is 16.6 Å². The summed E-state index contributed by atoms with van der Waals surface area (Å²) in [4.78, 5) is 0. The second-order valence-electron chi connectivity index (χ2n) is 8.02. The van der Waals surface area contributed by atoms with Gasteiger partial charge in [0.25, 0.3) is 0 Å². The van der Waals surface area contributed by atoms with Gasteiger partial charge in [-0.05, 0) is 37.3 Å². The molecule has 2 aliphatic carbocycles. The van der Waals surface area contributed by atoms with Crippen LogP contribution in [0.1, 0.15) is 40.5 Å². The molecule has 27 heavy (non-hydrogen) atoms. The molecule has 0 radical (unpaired) electrons. The normalized spacial score (nSPS) is 15.0. The Hall–Kier alpha value is 0.457. The van der Waals surface area contributed by atoms with Gasteiger partial charge in [0.05, 0.1) is 0 Å². The fourth-order valence-electron chi connectivity index (χ4n) is 1.71. The third-order valence-electron chi connectivity index (χ3n) is 4.85. The molecule has 0 spiro atoms. The van der Waals surface area contributed by atoms with Crippen molar-refractivity contribution in [1.82, 2.24) is 0 Å². The first-order chi connectivity index (χ1) is 11.0. The molecule has 0 saturated heterocycles. The van der Waals surface area contributed by atoms with Crippen LogP contribution in [0.25, 0.3) is 0 Å². The van der Waals surface area contributed by atoms with E-state index in [1.807, 2.05) is 12.2 Å². The molecule has 0 aromatic carbocycles. The second kappa shape index (κ2) is 14.4. The third kappa shape index (κ3) is 11.9. The van der Waals surface area contributed by atoms with Crippen molar-refractivity contribution in [2.75, 3.05) is 0 Å². The van der Waals surface area contributed by atoms with Gasteiger partial charge in [-0.1, -0.05) is 39.2 Å². The minimum absolute atomic E-state index is 0. The largest absolute Gasteiger partial charge is 2.00 e. The summed E-state index contributed by atoms with van der Waals surface area (Å²) in [7, 11) is -2.99. The van der Waals surface area contributed by atoms with E-state index in [4.69, 9.17) is 8.85 Å². The third-order valence-corrected chi connectivity index (χ3v) is 11.9. The molecule has 0 N–H and O–H groups in total. The van der Waals surface area contributed by atoms with Gasteiger partial charge >= 0.3 is 26.2 Å². The standard InChI is InChI=1S/2C10H17OSi.2ClH.Zr/c2*1-9(2)12(3,4)11-10-7-5-6-8-10;;;/h2*5,7,9H,6H2,1-4H3;2*1H;/q2*-1;;;+2. The quantitative estimate of drug-likeness (QED) is 0.266. The number of allylic oxidation sites excluding steroid dienone is 6. The van der Waals surface area contributed by atoms with Crippen LogP contribution in [0, 0.1) is 12.2 Å². The van der Waals surface area contributed by atoms with Crippen LogP contribution in [0.5, 0.6) is 0 Å². The van der Waals surface area contributed by atoms with Crippen LogP contribution < -0.4 is 0 Å². The van der Waals surface area contributed by atoms with Crippen LogP contribution >= 0.6 is 24.8 Å². The Labute approximate surface area is 201 Å². The van der Waals surface area contributed by atoms with Crippen molar-refractivity contribution in [1.29, 1.82) is 0 Å². The second-order valence-corrected chi connectivity index (χ2v) is 17.1. The molecule has 0 unspecified atom stereocenters. The van der Waals surface area contributed by atoms with Crippen molar-refractivity contribution in [3.63, 3.8) is 0 Å². The van der Waals surface area contributed by atoms with E-state index in [0.29, 0.717) is 11.1 Å². The molecule has 0 aliphatic heterocycles. The van der Waals surface area contributed by atoms with Gasteiger partial charge in [-0.3, -0.25) is 0 Å². The number of rotatable bonds is 6. The van der Waals surface area contributed by atoms with E-state index in [-0.39, 0.29) is 51.0 Å². The van der Waals surface area contributed by atoms with Gasteiger partial charge < -0.3 is 8.85 Å². The van der Waals surface area contributed by atoms with Gasteiger partial charge in [0, 0.05) is 0 Å². The molecule has 154 valence electrons. The Morgan fingerprint density at radius 3 is 1.22 bits per heavy atom. The minimum atomic E-state index is -1.50. The van der Waals surface area contributed by atoms with E-state index in [2.05, 4.69) is 78.2 Å². The van der Waals surface area contributed by atoms with Gasteiger partial charge in [-0.15, -0.1) is 37.7 Å². The molecule has 0 saturated carbocycles. The van der Waals surface area contributed by atoms with Crippen LogP contribution in [0.3, 0.4) is 0 Å². The summed E-state index contributed by atoms with van der Waals surface area (Å²) in [5.74, 6) is 1.92. The number of hydrogen-bond donors (Lipinski definition) is 0. The first-order valence-electron chi connectivity index (χ1n) is 8.97. The summed E-state index contributed by atoms with van der Waals surface area (Å²) >= 11 is 0. The molecule has 0 aromatic heterocycles. The molecule has 0 atom stereocenters. The zero-order chi connectivity index (χ0) is 18.4. The minimum Gasteiger partial charge on any atom is -0.577 e. The van der Waals surface area contributed by atoms with Crippen molar-refractivity contribution in [3.8, 4) is 0 Å². The van der Waals surface area contributed by atoms with Gasteiger partial charge in [-0.2, -0.15) is 24.3 Å². The van der Waals surface area contributed by atoms with Gasteiger partial charge in [-0.25, -0.2) is 12.2 Å². The Balaban J connectivity index is -0.000000384. The van der Waals surface area contributed by atoms with Crippen LogP contribution in [-0.4, -0.2) is 16.6 Å². The van der Waals surface area contributed by atoms with Gasteiger partial charge in [0.15, 0.2) is 0 Å². The smallest absolute Gasteiger partial charge is 0.577 e. The maximum absolute atomic E-state index is 5.92. The van der Waals surface area contributed by atoms with Gasteiger partial charge in [0.1, 0.15) is 0 Å². The topological polar surface area (TPSA) is 18.5 Å². The van der Waals surface area contributed by atoms with Crippen LogP contribution in [-0.2, 0) is 35.1 Å². The fourth-order valence-corrected chi connectivity index (χ4v) is 3.60. The van der Waals surface area contributed by atoms with Crippen LogP contribution in [0.4, 0.5) is 0 Å². The molecule has 0 heterocycles. The first kappa shape index (κ1) is 32.1. The van der Waals surface area contributed by atoms with Crippen molar-refractivity contribution < 1.29 is 35.1 Å². The summed E-state index contributed by atoms with van der Waals surface area (Å²) in [5, 5.41) is 0. The average molecular weight is 527 g/mol. The average Bonchev–Trinajstić information content (AvgIpc) is 3.12. The molecular formula is C20H36Cl2O2Si2Zr. The maximum Gasteiger partial charge on any atom is 2.00 e. The van der Waals surface area contributed by atoms with Crippen LogP contribution in [0.2, 0.25) is 37.3 Å². The maximum atomic E-state index is 5.92. The predicted molar refractivity (Wildman–Crippen MR) is 123 cm³/mol. The van der Waals surface area contributed by atoms with E-state index in [1.54, 1.807) is 0 Å². The summed E-state index contributed by atoms with van der Waals surface area (Å²) < 4.78 is 11.8. The Morgan fingerprint density at radius 2 is 1.04 bits per heavy atom. The summed E-state index contributed by atoms with van der Waals surface area (Å²) in [6, 6.07) is 0.